The molecule has 6 nitrogen and oxygen atoms in total. The van der Waals surface area contributed by atoms with Gasteiger partial charge in [0.05, 0.1) is 19.6 Å². The van der Waals surface area contributed by atoms with Crippen LogP contribution in [0.15, 0.2) is 24.3 Å². The lowest BCUT2D eigenvalue weighted by Gasteiger charge is -2.25. The van der Waals surface area contributed by atoms with Crippen LogP contribution in [-0.2, 0) is 16.1 Å². The van der Waals surface area contributed by atoms with E-state index in [-0.39, 0.29) is 31.4 Å². The van der Waals surface area contributed by atoms with Crippen LogP contribution in [0.3, 0.4) is 0 Å². The van der Waals surface area contributed by atoms with Crippen LogP contribution < -0.4 is 11.1 Å². The summed E-state index contributed by atoms with van der Waals surface area (Å²) in [4.78, 5) is 35.4. The van der Waals surface area contributed by atoms with E-state index in [1.807, 2.05) is 0 Å². The van der Waals surface area contributed by atoms with Crippen LogP contribution in [0, 0.1) is 0 Å². The number of benzene rings is 1. The van der Waals surface area contributed by atoms with Gasteiger partial charge in [0.1, 0.15) is 0 Å². The molecule has 0 saturated carbocycles. The zero-order valence-electron chi connectivity index (χ0n) is 9.68. The van der Waals surface area contributed by atoms with Gasteiger partial charge in [0.2, 0.25) is 17.7 Å². The summed E-state index contributed by atoms with van der Waals surface area (Å²) in [7, 11) is 0. The Labute approximate surface area is 104 Å². The van der Waals surface area contributed by atoms with Gasteiger partial charge in [-0.2, -0.15) is 0 Å². The fraction of sp³-hybridized carbons (Fsp3) is 0.250. The van der Waals surface area contributed by atoms with E-state index >= 15 is 0 Å². The number of nitrogens with one attached hydrogen (secondary N) is 1. The van der Waals surface area contributed by atoms with Crippen LogP contribution in [0.1, 0.15) is 15.9 Å². The maximum absolute atomic E-state index is 11.6. The number of amides is 3. The molecule has 1 aliphatic rings. The Morgan fingerprint density at radius 3 is 2.56 bits per heavy atom. The molecule has 94 valence electrons. The molecule has 1 saturated heterocycles. The number of hydrogen-bond acceptors (Lipinski definition) is 4. The van der Waals surface area contributed by atoms with Crippen molar-refractivity contribution in [3.63, 3.8) is 0 Å². The molecule has 0 spiro atoms. The van der Waals surface area contributed by atoms with Crippen molar-refractivity contribution in [2.75, 3.05) is 13.1 Å². The standard InChI is InChI=1S/C12H13N3O3/c13-12(18)9-3-1-2-8(4-9)7-15-10(16)5-14-6-11(15)17/h1-4,14H,5-7H2,(H2,13,18). The molecule has 1 fully saturated rings. The lowest BCUT2D eigenvalue weighted by Crippen LogP contribution is -2.51. The fourth-order valence-electron chi connectivity index (χ4n) is 1.79. The van der Waals surface area contributed by atoms with Crippen molar-refractivity contribution < 1.29 is 14.4 Å². The number of primary amides is 1. The highest BCUT2D eigenvalue weighted by atomic mass is 16.2. The molecule has 0 atom stereocenters. The third kappa shape index (κ3) is 2.54. The second-order valence-electron chi connectivity index (χ2n) is 4.04. The van der Waals surface area contributed by atoms with Crippen molar-refractivity contribution in [3.05, 3.63) is 35.4 Å². The number of piperazine rings is 1. The van der Waals surface area contributed by atoms with Gasteiger partial charge in [0.15, 0.2) is 0 Å². The van der Waals surface area contributed by atoms with E-state index in [1.54, 1.807) is 24.3 Å². The van der Waals surface area contributed by atoms with E-state index in [1.165, 1.54) is 4.90 Å². The molecular formula is C12H13N3O3. The molecule has 3 N–H and O–H groups in total. The highest BCUT2D eigenvalue weighted by Gasteiger charge is 2.25. The third-order valence-electron chi connectivity index (χ3n) is 2.71. The Morgan fingerprint density at radius 2 is 1.94 bits per heavy atom. The van der Waals surface area contributed by atoms with Gasteiger partial charge in [-0.15, -0.1) is 0 Å². The number of carbonyl (C=O) groups is 3. The van der Waals surface area contributed by atoms with Gasteiger partial charge in [-0.1, -0.05) is 12.1 Å². The number of imide groups is 1. The zero-order valence-corrected chi connectivity index (χ0v) is 9.68. The topological polar surface area (TPSA) is 92.5 Å². The monoisotopic (exact) mass is 247 g/mol. The highest BCUT2D eigenvalue weighted by Crippen LogP contribution is 2.10. The van der Waals surface area contributed by atoms with Gasteiger partial charge in [0.25, 0.3) is 0 Å². The summed E-state index contributed by atoms with van der Waals surface area (Å²) in [6.45, 7) is 0.475. The summed E-state index contributed by atoms with van der Waals surface area (Å²) in [6.07, 6.45) is 0. The normalized spacial score (nSPS) is 15.9. The maximum Gasteiger partial charge on any atom is 0.248 e. The fourth-order valence-corrected chi connectivity index (χ4v) is 1.79. The van der Waals surface area contributed by atoms with Gasteiger partial charge in [0, 0.05) is 5.56 Å². The van der Waals surface area contributed by atoms with Crippen LogP contribution in [-0.4, -0.2) is 35.7 Å². The van der Waals surface area contributed by atoms with E-state index in [4.69, 9.17) is 5.73 Å². The lowest BCUT2D eigenvalue weighted by atomic mass is 10.1. The molecule has 0 bridgehead atoms. The average molecular weight is 247 g/mol. The van der Waals surface area contributed by atoms with Gasteiger partial charge in [-0.25, -0.2) is 0 Å². The van der Waals surface area contributed by atoms with Crippen molar-refractivity contribution in [2.45, 2.75) is 6.54 Å². The van der Waals surface area contributed by atoms with Gasteiger partial charge >= 0.3 is 0 Å². The minimum Gasteiger partial charge on any atom is -0.366 e. The van der Waals surface area contributed by atoms with Crippen LogP contribution in [0.5, 0.6) is 0 Å². The third-order valence-corrected chi connectivity index (χ3v) is 2.71. The number of nitrogens with two attached hydrogens (primary N) is 1. The van der Waals surface area contributed by atoms with Crippen molar-refractivity contribution in [1.82, 2.24) is 10.2 Å². The van der Waals surface area contributed by atoms with E-state index < -0.39 is 5.91 Å². The molecular weight excluding hydrogens is 234 g/mol. The number of nitrogens with zero attached hydrogens (tertiary/aromatic N) is 1. The second kappa shape index (κ2) is 4.97. The minimum absolute atomic E-state index is 0.154. The quantitative estimate of drug-likeness (QED) is 0.687. The summed E-state index contributed by atoms with van der Waals surface area (Å²) >= 11 is 0. The molecule has 1 heterocycles. The Balaban J connectivity index is 2.17. The molecule has 2 rings (SSSR count). The Morgan fingerprint density at radius 1 is 1.28 bits per heavy atom. The average Bonchev–Trinajstić information content (AvgIpc) is 2.34. The summed E-state index contributed by atoms with van der Waals surface area (Å²) < 4.78 is 0. The first-order chi connectivity index (χ1) is 8.58. The largest absolute Gasteiger partial charge is 0.366 e. The van der Waals surface area contributed by atoms with Gasteiger partial charge in [-0.05, 0) is 17.7 Å². The zero-order chi connectivity index (χ0) is 13.1. The molecule has 1 aromatic carbocycles. The van der Waals surface area contributed by atoms with Gasteiger partial charge < -0.3 is 5.73 Å². The number of rotatable bonds is 3. The molecule has 0 aliphatic carbocycles. The first-order valence-corrected chi connectivity index (χ1v) is 5.50. The molecule has 6 heteroatoms. The summed E-state index contributed by atoms with van der Waals surface area (Å²) in [5, 5.41) is 2.71. The molecule has 0 aromatic heterocycles. The van der Waals surface area contributed by atoms with E-state index in [2.05, 4.69) is 5.32 Å². The first kappa shape index (κ1) is 12.3. The summed E-state index contributed by atoms with van der Waals surface area (Å²) in [5.74, 6) is -1.07. The Bertz CT molecular complexity index is 497. The van der Waals surface area contributed by atoms with Crippen molar-refractivity contribution in [2.24, 2.45) is 5.73 Å². The smallest absolute Gasteiger partial charge is 0.248 e. The van der Waals surface area contributed by atoms with Crippen molar-refractivity contribution >= 4 is 17.7 Å². The highest BCUT2D eigenvalue weighted by molar-refractivity contribution is 5.99. The molecule has 18 heavy (non-hydrogen) atoms. The molecule has 3 amide bonds. The summed E-state index contributed by atoms with van der Waals surface area (Å²) in [5.41, 5.74) is 6.24. The first-order valence-electron chi connectivity index (χ1n) is 5.50. The molecule has 0 radical (unpaired) electrons. The predicted molar refractivity (Wildman–Crippen MR) is 63.4 cm³/mol. The van der Waals surface area contributed by atoms with Crippen molar-refractivity contribution in [1.29, 1.82) is 0 Å². The SMILES string of the molecule is NC(=O)c1cccc(CN2C(=O)CNCC2=O)c1. The Kier molecular flexibility index (Phi) is 3.38. The van der Waals surface area contributed by atoms with E-state index in [0.717, 1.165) is 0 Å². The molecule has 1 aliphatic heterocycles. The second-order valence-corrected chi connectivity index (χ2v) is 4.04. The van der Waals surface area contributed by atoms with Crippen LogP contribution >= 0.6 is 0 Å². The van der Waals surface area contributed by atoms with Crippen LogP contribution in [0.2, 0.25) is 0 Å². The van der Waals surface area contributed by atoms with Crippen LogP contribution in [0.4, 0.5) is 0 Å². The van der Waals surface area contributed by atoms with E-state index in [9.17, 15) is 14.4 Å². The number of carbonyl (C=O) groups excluding carboxylic acids is 3. The molecule has 1 aromatic rings. The van der Waals surface area contributed by atoms with E-state index in [0.29, 0.717) is 11.1 Å². The number of hydrogen-bond donors (Lipinski definition) is 2. The lowest BCUT2D eigenvalue weighted by molar-refractivity contribution is -0.147. The summed E-state index contributed by atoms with van der Waals surface area (Å²) in [6, 6.07) is 6.60. The molecule has 0 unspecified atom stereocenters. The minimum atomic E-state index is -0.533. The predicted octanol–water partition coefficient (Wildman–Crippen LogP) is -0.756. The Hall–Kier alpha value is -2.21. The van der Waals surface area contributed by atoms with Crippen LogP contribution in [0.25, 0.3) is 0 Å². The van der Waals surface area contributed by atoms with Gasteiger partial charge in [-0.3, -0.25) is 24.6 Å². The maximum atomic E-state index is 11.6. The van der Waals surface area contributed by atoms with Crippen molar-refractivity contribution in [3.8, 4) is 0 Å².